The summed E-state index contributed by atoms with van der Waals surface area (Å²) in [6.45, 7) is 5.87. The first kappa shape index (κ1) is 16.2. The number of hydrogen-bond donors (Lipinski definition) is 1. The fourth-order valence-electron chi connectivity index (χ4n) is 1.28. The van der Waals surface area contributed by atoms with Crippen LogP contribution in [-0.4, -0.2) is 32.3 Å². The Kier molecular flexibility index (Phi) is 7.99. The Labute approximate surface area is 105 Å². The van der Waals surface area contributed by atoms with E-state index in [2.05, 4.69) is 0 Å². The average Bonchev–Trinajstić information content (AvgIpc) is 2.16. The largest absolute Gasteiger partial charge is 0.771 e. The molecule has 0 radical (unpaired) electrons. The zero-order valence-corrected chi connectivity index (χ0v) is 11.3. The molecular weight excluding hydrogens is 242 g/mol. The molecule has 2 atom stereocenters. The predicted molar refractivity (Wildman–Crippen MR) is 65.8 cm³/mol. The van der Waals surface area contributed by atoms with E-state index in [-0.39, 0.29) is 24.7 Å². The van der Waals surface area contributed by atoms with Crippen LogP contribution >= 0.6 is 0 Å². The lowest BCUT2D eigenvalue weighted by atomic mass is 10.0. The van der Waals surface area contributed by atoms with Crippen LogP contribution in [0.4, 0.5) is 0 Å². The van der Waals surface area contributed by atoms with Gasteiger partial charge in [-0.15, -0.1) is 0 Å². The highest BCUT2D eigenvalue weighted by molar-refractivity contribution is 7.81. The van der Waals surface area contributed by atoms with Crippen molar-refractivity contribution in [3.8, 4) is 0 Å². The monoisotopic (exact) mass is 262 g/mol. The first-order valence-corrected chi connectivity index (χ1v) is 6.85. The van der Waals surface area contributed by atoms with Gasteiger partial charge in [0.1, 0.15) is 0 Å². The van der Waals surface area contributed by atoms with Crippen LogP contribution in [0.1, 0.15) is 40.0 Å². The molecule has 0 heterocycles. The molecule has 0 saturated heterocycles. The van der Waals surface area contributed by atoms with Crippen LogP contribution in [0.15, 0.2) is 0 Å². The zero-order valence-electron chi connectivity index (χ0n) is 10.5. The molecule has 0 amide bonds. The van der Waals surface area contributed by atoms with Gasteiger partial charge in [-0.1, -0.05) is 27.2 Å². The molecule has 0 aromatic rings. The van der Waals surface area contributed by atoms with Crippen molar-refractivity contribution in [3.05, 3.63) is 0 Å². The summed E-state index contributed by atoms with van der Waals surface area (Å²) in [5.74, 6) is -0.700. The smallest absolute Gasteiger partial charge is 0.326 e. The van der Waals surface area contributed by atoms with E-state index in [0.29, 0.717) is 6.42 Å². The summed E-state index contributed by atoms with van der Waals surface area (Å²) in [7, 11) is 0. The normalized spacial score (nSPS) is 14.4. The molecule has 1 N–H and O–H groups in total. The Hall–Kier alpha value is -0.750. The zero-order chi connectivity index (χ0) is 13.4. The number of nitrogens with one attached hydrogen (secondary N) is 1. The minimum absolute atomic E-state index is 0.102. The van der Waals surface area contributed by atoms with Crippen LogP contribution in [0.2, 0.25) is 0 Å². The van der Waals surface area contributed by atoms with Gasteiger partial charge in [-0.3, -0.25) is 9.00 Å². The van der Waals surface area contributed by atoms with Crippen LogP contribution in [0.25, 0.3) is 0 Å². The Balaban J connectivity index is 4.46. The van der Waals surface area contributed by atoms with Gasteiger partial charge in [-0.05, 0) is 29.8 Å². The van der Waals surface area contributed by atoms with E-state index in [4.69, 9.17) is 10.1 Å². The molecule has 5 nitrogen and oxygen atoms in total. The summed E-state index contributed by atoms with van der Waals surface area (Å²) >= 11 is -2.63. The lowest BCUT2D eigenvalue weighted by Crippen LogP contribution is -2.36. The van der Waals surface area contributed by atoms with Crippen molar-refractivity contribution in [2.24, 2.45) is 5.92 Å². The van der Waals surface area contributed by atoms with E-state index in [1.54, 1.807) is 0 Å². The molecule has 0 aromatic carbocycles. The number of carbonyl (C=O) groups excluding carboxylic acids is 1. The highest BCUT2D eigenvalue weighted by Gasteiger charge is 2.26. The molecule has 0 aliphatic heterocycles. The molecule has 0 saturated carbocycles. The number of ether oxygens (including phenoxy) is 1. The second-order valence-corrected chi connectivity index (χ2v) is 5.28. The van der Waals surface area contributed by atoms with Gasteiger partial charge in [0.15, 0.2) is 5.25 Å². The Morgan fingerprint density at radius 1 is 1.47 bits per heavy atom. The fourth-order valence-corrected chi connectivity index (χ4v) is 1.83. The molecule has 0 spiro atoms. The third-order valence-electron chi connectivity index (χ3n) is 2.09. The van der Waals surface area contributed by atoms with Crippen molar-refractivity contribution in [1.82, 2.24) is 0 Å². The standard InChI is InChI=1S/C11H21NO4S/c1-4-5-6-16-11(13)10(17(14)15)9(12)7-8(2)3/h8,10,12H,4-7H2,1-3H3,(H,14,15)/p-1. The Morgan fingerprint density at radius 2 is 2.06 bits per heavy atom. The van der Waals surface area contributed by atoms with E-state index >= 15 is 0 Å². The van der Waals surface area contributed by atoms with Crippen LogP contribution in [0.3, 0.4) is 0 Å². The van der Waals surface area contributed by atoms with E-state index < -0.39 is 22.3 Å². The third kappa shape index (κ3) is 6.53. The Morgan fingerprint density at radius 3 is 2.47 bits per heavy atom. The Bertz CT molecular complexity index is 291. The first-order valence-electron chi connectivity index (χ1n) is 5.72. The maximum atomic E-state index is 11.5. The van der Waals surface area contributed by atoms with Gasteiger partial charge >= 0.3 is 5.97 Å². The number of rotatable bonds is 8. The molecule has 0 aromatic heterocycles. The molecule has 100 valence electrons. The maximum Gasteiger partial charge on any atom is 0.326 e. The van der Waals surface area contributed by atoms with Crippen molar-refractivity contribution >= 4 is 22.8 Å². The molecule has 0 bridgehead atoms. The first-order chi connectivity index (χ1) is 7.90. The third-order valence-corrected chi connectivity index (χ3v) is 2.96. The molecule has 0 aliphatic rings. The second-order valence-electron chi connectivity index (χ2n) is 4.28. The highest BCUT2D eigenvalue weighted by atomic mass is 32.2. The number of esters is 1. The van der Waals surface area contributed by atoms with E-state index in [9.17, 15) is 13.6 Å². The fraction of sp³-hybridized carbons (Fsp3) is 0.818. The summed E-state index contributed by atoms with van der Waals surface area (Å²) in [4.78, 5) is 11.5. The van der Waals surface area contributed by atoms with Gasteiger partial charge in [0.2, 0.25) is 0 Å². The van der Waals surface area contributed by atoms with Crippen molar-refractivity contribution < 1.29 is 18.3 Å². The summed E-state index contributed by atoms with van der Waals surface area (Å²) in [5, 5.41) is 6.17. The minimum Gasteiger partial charge on any atom is -0.771 e. The minimum atomic E-state index is -2.63. The molecule has 0 aliphatic carbocycles. The maximum absolute atomic E-state index is 11.5. The van der Waals surface area contributed by atoms with Gasteiger partial charge in [0, 0.05) is 5.71 Å². The van der Waals surface area contributed by atoms with Crippen LogP contribution in [-0.2, 0) is 20.6 Å². The highest BCUT2D eigenvalue weighted by Crippen LogP contribution is 2.09. The molecule has 0 rings (SSSR count). The van der Waals surface area contributed by atoms with Crippen LogP contribution in [0, 0.1) is 11.3 Å². The lowest BCUT2D eigenvalue weighted by Gasteiger charge is -2.20. The molecular formula is C11H20NO4S-. The van der Waals surface area contributed by atoms with Gasteiger partial charge in [0.25, 0.3) is 0 Å². The number of hydrogen-bond acceptors (Lipinski definition) is 5. The van der Waals surface area contributed by atoms with Crippen LogP contribution in [0.5, 0.6) is 0 Å². The van der Waals surface area contributed by atoms with Gasteiger partial charge in [0.05, 0.1) is 6.61 Å². The summed E-state index contributed by atoms with van der Waals surface area (Å²) in [6.07, 6.45) is 1.84. The lowest BCUT2D eigenvalue weighted by molar-refractivity contribution is -0.141. The second kappa shape index (κ2) is 8.36. The SMILES string of the molecule is CCCCOC(=O)C(C(=N)CC(C)C)S(=O)[O-]. The van der Waals surface area contributed by atoms with Gasteiger partial charge < -0.3 is 14.7 Å². The number of carbonyl (C=O) groups is 1. The van der Waals surface area contributed by atoms with Gasteiger partial charge in [-0.25, -0.2) is 0 Å². The summed E-state index contributed by atoms with van der Waals surface area (Å²) in [5.41, 5.74) is -0.102. The topological polar surface area (TPSA) is 90.3 Å². The van der Waals surface area contributed by atoms with Crippen molar-refractivity contribution in [2.75, 3.05) is 6.61 Å². The number of unbranched alkanes of at least 4 members (excludes halogenated alkanes) is 1. The molecule has 17 heavy (non-hydrogen) atoms. The quantitative estimate of drug-likeness (QED) is 0.311. The van der Waals surface area contributed by atoms with Crippen molar-refractivity contribution in [1.29, 1.82) is 5.41 Å². The predicted octanol–water partition coefficient (Wildman–Crippen LogP) is 1.64. The summed E-state index contributed by atoms with van der Waals surface area (Å²) in [6, 6.07) is 0. The van der Waals surface area contributed by atoms with Crippen molar-refractivity contribution in [3.63, 3.8) is 0 Å². The molecule has 6 heteroatoms. The van der Waals surface area contributed by atoms with Crippen LogP contribution < -0.4 is 0 Å². The summed E-state index contributed by atoms with van der Waals surface area (Å²) < 4.78 is 26.7. The van der Waals surface area contributed by atoms with Gasteiger partial charge in [-0.2, -0.15) is 0 Å². The van der Waals surface area contributed by atoms with E-state index in [0.717, 1.165) is 6.42 Å². The molecule has 0 fully saturated rings. The molecule has 2 unspecified atom stereocenters. The van der Waals surface area contributed by atoms with Crippen molar-refractivity contribution in [2.45, 2.75) is 45.3 Å². The van der Waals surface area contributed by atoms with E-state index in [1.807, 2.05) is 20.8 Å². The average molecular weight is 262 g/mol. The van der Waals surface area contributed by atoms with E-state index in [1.165, 1.54) is 0 Å².